The van der Waals surface area contributed by atoms with Crippen LogP contribution >= 0.6 is 49.9 Å². The number of nitrogen functional groups attached to an aromatic ring is 1. The first-order valence-corrected chi connectivity index (χ1v) is 32.3. The number of amides is 2. The Labute approximate surface area is 488 Å². The lowest BCUT2D eigenvalue weighted by atomic mass is 9.98. The molecule has 0 aliphatic heterocycles. The Morgan fingerprint density at radius 3 is 1.15 bits per heavy atom. The topological polar surface area (TPSA) is 290 Å². The maximum atomic E-state index is 12.8. The Balaban J connectivity index is 0.000000186. The van der Waals surface area contributed by atoms with Crippen molar-refractivity contribution in [1.29, 1.82) is 0 Å². The summed E-state index contributed by atoms with van der Waals surface area (Å²) in [6.07, 6.45) is -0.782. The summed E-state index contributed by atoms with van der Waals surface area (Å²) in [5, 5.41) is 15.1. The maximum Gasteiger partial charge on any atom is 0.413 e. The van der Waals surface area contributed by atoms with E-state index in [1.165, 1.54) is 11.3 Å². The molecule has 25 heteroatoms. The van der Waals surface area contributed by atoms with E-state index in [-0.39, 0.29) is 76.9 Å². The zero-order valence-corrected chi connectivity index (χ0v) is 50.6. The summed E-state index contributed by atoms with van der Waals surface area (Å²) in [6, 6.07) is 32.4. The first-order valence-electron chi connectivity index (χ1n) is 26.3. The van der Waals surface area contributed by atoms with Gasteiger partial charge in [0.15, 0.2) is 27.0 Å². The minimum atomic E-state index is -3.07. The minimum absolute atomic E-state index is 0.0317. The van der Waals surface area contributed by atoms with Crippen LogP contribution in [-0.4, -0.2) is 112 Å². The molecular weight excluding hydrogens is 1150 g/mol. The van der Waals surface area contributed by atoms with E-state index in [4.69, 9.17) is 38.4 Å². The van der Waals surface area contributed by atoms with Gasteiger partial charge in [0, 0.05) is 11.8 Å². The molecule has 2 aliphatic rings. The summed E-state index contributed by atoms with van der Waals surface area (Å²) >= 11 is 3.16. The van der Waals surface area contributed by atoms with Crippen molar-refractivity contribution in [3.05, 3.63) is 151 Å². The number of ketones is 2. The molecule has 2 aliphatic carbocycles. The standard InChI is InChI=1S/C26H29N2O6PS.C20H16N2O4S.C11H19N2O4PS/c1-4-33-35(31,34-5-2)15-14-23(29)24-17(3)27-25(36-24)28-26(30)32-16-22-20-12-8-6-10-18(20)19-11-7-9-13-21(19)22;1-11-17(18(23)24)27-19(21-11)22-20(25)26-10-16-14-8-4-2-6-12(14)13-7-3-5-9-15(13)16;1-4-16-18(15,17-5-2)7-6-9(14)10-8(3)13-11(12)19-10/h6-13,22,31H,4-5,14-16H2,1-3H3;2-9,16H,10H2,1H3,(H,23,24)(H,21,22,25);15H,4-7H2,1-3H3,(H-,12,13,14)/p+2. The Morgan fingerprint density at radius 2 is 0.829 bits per heavy atom. The van der Waals surface area contributed by atoms with Gasteiger partial charge in [0.1, 0.15) is 30.4 Å². The molecule has 434 valence electrons. The number of aromatic carboxylic acids is 1. The van der Waals surface area contributed by atoms with E-state index < -0.39 is 34.0 Å². The number of hydrogen-bond donors (Lipinski definition) is 6. The molecule has 0 spiro atoms. The van der Waals surface area contributed by atoms with Crippen LogP contribution < -0.4 is 16.4 Å². The zero-order chi connectivity index (χ0) is 59.1. The van der Waals surface area contributed by atoms with Gasteiger partial charge in [-0.2, -0.15) is 27.9 Å². The highest BCUT2D eigenvalue weighted by Crippen LogP contribution is 2.58. The predicted molar refractivity (Wildman–Crippen MR) is 322 cm³/mol. The minimum Gasteiger partial charge on any atom is -0.477 e. The number of aromatic nitrogens is 3. The van der Waals surface area contributed by atoms with Crippen LogP contribution in [0.15, 0.2) is 97.1 Å². The van der Waals surface area contributed by atoms with Crippen LogP contribution in [0.4, 0.5) is 25.0 Å². The molecule has 9 rings (SSSR count). The number of nitrogens with zero attached hydrogens (tertiary/aromatic N) is 3. The molecule has 20 nitrogen and oxygen atoms in total. The summed E-state index contributed by atoms with van der Waals surface area (Å²) in [7, 11) is -5.99. The third-order valence-corrected chi connectivity index (χ3v) is 20.2. The number of nitrogens with one attached hydrogen (secondary N) is 2. The van der Waals surface area contributed by atoms with E-state index in [0.717, 1.165) is 67.2 Å². The first kappa shape index (κ1) is 63.1. The SMILES string of the molecule is CCO[P+](O)(CCC(=O)c1sc(N)nc1C)OCC.CCO[P+](O)(CCC(=O)c1sc(NC(=O)OCC2c3ccccc3-c3ccccc32)nc1C)OCC.Cc1nc(NC(=O)OCC2c3ccccc3-c3ccccc32)sc1C(=O)O. The number of carbonyl (C=O) groups excluding carboxylic acids is 4. The van der Waals surface area contributed by atoms with Gasteiger partial charge >= 0.3 is 34.0 Å². The van der Waals surface area contributed by atoms with Gasteiger partial charge in [0.05, 0.1) is 66.1 Å². The lowest BCUT2D eigenvalue weighted by Crippen LogP contribution is -2.17. The smallest absolute Gasteiger partial charge is 0.413 e. The van der Waals surface area contributed by atoms with Gasteiger partial charge in [-0.15, -0.1) is 0 Å². The molecule has 0 atom stereocenters. The highest BCUT2D eigenvalue weighted by Gasteiger charge is 2.42. The predicted octanol–water partition coefficient (Wildman–Crippen LogP) is 13.2. The van der Waals surface area contributed by atoms with Crippen LogP contribution in [0.1, 0.15) is 121 Å². The molecule has 3 aromatic heterocycles. The Morgan fingerprint density at radius 1 is 0.512 bits per heavy atom. The molecule has 0 radical (unpaired) electrons. The van der Waals surface area contributed by atoms with Crippen LogP contribution in [0, 0.1) is 20.8 Å². The Bertz CT molecular complexity index is 3290. The number of hydrogen-bond acceptors (Lipinski definition) is 20. The lowest BCUT2D eigenvalue weighted by Gasteiger charge is -2.15. The first-order chi connectivity index (χ1) is 39.3. The number of rotatable bonds is 23. The molecule has 3 heterocycles. The highest BCUT2D eigenvalue weighted by atomic mass is 32.1. The summed E-state index contributed by atoms with van der Waals surface area (Å²) < 4.78 is 32.2. The summed E-state index contributed by atoms with van der Waals surface area (Å²) in [6.45, 7) is 13.8. The van der Waals surface area contributed by atoms with Gasteiger partial charge in [-0.3, -0.25) is 20.2 Å². The number of carboxylic acid groups (broad SMARTS) is 1. The van der Waals surface area contributed by atoms with Crippen molar-refractivity contribution >= 4 is 95.0 Å². The van der Waals surface area contributed by atoms with Crippen LogP contribution in [0.25, 0.3) is 22.3 Å². The summed E-state index contributed by atoms with van der Waals surface area (Å²) in [4.78, 5) is 94.7. The molecular formula is C57H66N6O14P2S3+2. The van der Waals surface area contributed by atoms with E-state index in [1.54, 1.807) is 48.5 Å². The fourth-order valence-electron chi connectivity index (χ4n) is 9.33. The molecule has 7 N–H and O–H groups in total. The second-order valence-electron chi connectivity index (χ2n) is 18.3. The third-order valence-electron chi connectivity index (χ3n) is 12.8. The average molecular weight is 1220 g/mol. The van der Waals surface area contributed by atoms with Crippen molar-refractivity contribution < 1.29 is 66.4 Å². The number of Topliss-reactive ketones (excluding diaryl/α,β-unsaturated/α-hetero) is 2. The van der Waals surface area contributed by atoms with Crippen molar-refractivity contribution in [2.24, 2.45) is 0 Å². The van der Waals surface area contributed by atoms with E-state index in [1.807, 2.05) is 60.7 Å². The molecule has 0 bridgehead atoms. The van der Waals surface area contributed by atoms with E-state index in [2.05, 4.69) is 62.0 Å². The number of benzene rings is 4. The molecule has 0 saturated heterocycles. The van der Waals surface area contributed by atoms with Crippen molar-refractivity contribution in [2.45, 2.75) is 73.1 Å². The zero-order valence-electron chi connectivity index (χ0n) is 46.3. The second-order valence-corrected chi connectivity index (χ2v) is 25.8. The largest absolute Gasteiger partial charge is 0.477 e. The highest BCUT2D eigenvalue weighted by molar-refractivity contribution is 7.61. The van der Waals surface area contributed by atoms with Crippen molar-refractivity contribution in [2.75, 3.05) is 68.3 Å². The monoisotopic (exact) mass is 1220 g/mol. The van der Waals surface area contributed by atoms with Crippen LogP contribution in [0.3, 0.4) is 0 Å². The van der Waals surface area contributed by atoms with Gasteiger partial charge in [0.2, 0.25) is 0 Å². The fraction of sp³-hybridized carbons (Fsp3) is 0.333. The van der Waals surface area contributed by atoms with Gasteiger partial charge in [-0.25, -0.2) is 29.3 Å². The third kappa shape index (κ3) is 16.0. The number of nitrogens with two attached hydrogens (primary N) is 1. The number of carboxylic acids is 1. The van der Waals surface area contributed by atoms with Crippen molar-refractivity contribution in [1.82, 2.24) is 15.0 Å². The molecule has 0 saturated carbocycles. The summed E-state index contributed by atoms with van der Waals surface area (Å²) in [5.41, 5.74) is 16.2. The molecule has 2 amide bonds. The molecule has 7 aromatic rings. The second kappa shape index (κ2) is 29.2. The van der Waals surface area contributed by atoms with Gasteiger partial charge in [0.25, 0.3) is 0 Å². The number of anilines is 3. The molecule has 0 unspecified atom stereocenters. The number of aryl methyl sites for hydroxylation is 3. The summed E-state index contributed by atoms with van der Waals surface area (Å²) in [5.74, 6) is -1.43. The van der Waals surface area contributed by atoms with E-state index >= 15 is 0 Å². The van der Waals surface area contributed by atoms with Gasteiger partial charge in [-0.1, -0.05) is 131 Å². The number of fused-ring (bicyclic) bond motifs is 6. The number of ether oxygens (including phenoxy) is 2. The quantitative estimate of drug-likeness (QED) is 0.0256. The van der Waals surface area contributed by atoms with E-state index in [9.17, 15) is 33.8 Å². The number of carbonyl (C=O) groups is 5. The maximum absolute atomic E-state index is 12.8. The normalized spacial score (nSPS) is 12.4. The Hall–Kier alpha value is -6.46. The lowest BCUT2D eigenvalue weighted by molar-refractivity contribution is 0.0700. The van der Waals surface area contributed by atoms with Gasteiger partial charge in [-0.05, 0) is 93.0 Å². The fourth-order valence-corrected chi connectivity index (χ4v) is 15.1. The Kier molecular flexibility index (Phi) is 22.5. The molecule has 4 aromatic carbocycles. The number of thiazole rings is 3. The van der Waals surface area contributed by atoms with Crippen LogP contribution in [0.2, 0.25) is 0 Å². The van der Waals surface area contributed by atoms with Gasteiger partial charge < -0.3 is 20.3 Å². The molecule has 0 fully saturated rings. The molecule has 82 heavy (non-hydrogen) atoms. The van der Waals surface area contributed by atoms with Crippen LogP contribution in [0.5, 0.6) is 0 Å². The van der Waals surface area contributed by atoms with Crippen molar-refractivity contribution in [3.8, 4) is 22.3 Å². The average Bonchev–Trinajstić information content (AvgIpc) is 4.33. The van der Waals surface area contributed by atoms with Crippen molar-refractivity contribution in [3.63, 3.8) is 0 Å². The van der Waals surface area contributed by atoms with E-state index in [0.29, 0.717) is 58.4 Å². The van der Waals surface area contributed by atoms with Crippen LogP contribution in [-0.2, 0) is 27.6 Å².